The summed E-state index contributed by atoms with van der Waals surface area (Å²) in [6.45, 7) is 6.41. The molecule has 0 bridgehead atoms. The van der Waals surface area contributed by atoms with E-state index in [1.165, 1.54) is 5.56 Å². The third-order valence-corrected chi connectivity index (χ3v) is 5.48. The lowest BCUT2D eigenvalue weighted by Gasteiger charge is -2.42. The number of nitrogens with zero attached hydrogens (tertiary/aromatic N) is 1. The number of halogens is 1. The molecule has 25 heavy (non-hydrogen) atoms. The molecule has 2 unspecified atom stereocenters. The zero-order chi connectivity index (χ0) is 18.2. The van der Waals surface area contributed by atoms with Crippen LogP contribution in [0, 0.1) is 5.41 Å². The first-order valence-corrected chi connectivity index (χ1v) is 9.41. The number of rotatable bonds is 2. The van der Waals surface area contributed by atoms with Crippen molar-refractivity contribution < 1.29 is 9.90 Å². The van der Waals surface area contributed by atoms with E-state index in [0.29, 0.717) is 6.54 Å². The van der Waals surface area contributed by atoms with Crippen LogP contribution in [0.3, 0.4) is 0 Å². The lowest BCUT2D eigenvalue weighted by Crippen LogP contribution is -2.47. The molecule has 0 aromatic heterocycles. The second-order valence-electron chi connectivity index (χ2n) is 7.61. The number of benzene rings is 2. The maximum atomic E-state index is 13.1. The molecule has 2 aromatic carbocycles. The minimum Gasteiger partial charge on any atom is -0.386 e. The van der Waals surface area contributed by atoms with Gasteiger partial charge in [0, 0.05) is 16.4 Å². The van der Waals surface area contributed by atoms with E-state index in [9.17, 15) is 9.90 Å². The van der Waals surface area contributed by atoms with Crippen molar-refractivity contribution in [3.63, 3.8) is 0 Å². The monoisotopic (exact) mass is 401 g/mol. The van der Waals surface area contributed by atoms with E-state index in [-0.39, 0.29) is 11.9 Å². The minimum atomic E-state index is -0.789. The van der Waals surface area contributed by atoms with Crippen molar-refractivity contribution in [3.05, 3.63) is 69.7 Å². The number of amides is 1. The van der Waals surface area contributed by atoms with Gasteiger partial charge in [-0.1, -0.05) is 79.2 Å². The van der Waals surface area contributed by atoms with Crippen LogP contribution in [0.4, 0.5) is 0 Å². The van der Waals surface area contributed by atoms with Gasteiger partial charge in [-0.2, -0.15) is 0 Å². The highest BCUT2D eigenvalue weighted by Crippen LogP contribution is 2.42. The normalized spacial score (nSPS) is 18.6. The smallest absolute Gasteiger partial charge is 0.228 e. The molecule has 1 aliphatic rings. The molecule has 2 aromatic rings. The molecule has 0 fully saturated rings. The van der Waals surface area contributed by atoms with Crippen LogP contribution in [0.15, 0.2) is 53.0 Å². The Bertz CT molecular complexity index is 781. The van der Waals surface area contributed by atoms with E-state index in [4.69, 9.17) is 0 Å². The van der Waals surface area contributed by atoms with Gasteiger partial charge in [-0.05, 0) is 29.2 Å². The van der Waals surface area contributed by atoms with Crippen LogP contribution in [-0.4, -0.2) is 22.5 Å². The molecule has 1 N–H and O–H groups in total. The van der Waals surface area contributed by atoms with Gasteiger partial charge < -0.3 is 10.0 Å². The molecule has 1 heterocycles. The Labute approximate surface area is 157 Å². The summed E-state index contributed by atoms with van der Waals surface area (Å²) in [6, 6.07) is 15.4. The van der Waals surface area contributed by atoms with Gasteiger partial charge in [-0.3, -0.25) is 4.79 Å². The van der Waals surface area contributed by atoms with E-state index in [0.717, 1.165) is 22.0 Å². The molecule has 0 radical (unpaired) electrons. The van der Waals surface area contributed by atoms with Gasteiger partial charge in [-0.15, -0.1) is 0 Å². The summed E-state index contributed by atoms with van der Waals surface area (Å²) in [6.07, 6.45) is 0.0281. The zero-order valence-corrected chi connectivity index (χ0v) is 16.5. The van der Waals surface area contributed by atoms with E-state index in [1.807, 2.05) is 68.1 Å². The quantitative estimate of drug-likeness (QED) is 0.794. The molecule has 132 valence electrons. The Kier molecular flexibility index (Phi) is 5.03. The van der Waals surface area contributed by atoms with Crippen molar-refractivity contribution >= 4 is 21.8 Å². The highest BCUT2D eigenvalue weighted by molar-refractivity contribution is 9.10. The number of aliphatic hydroxyl groups excluding tert-OH is 1. The summed E-state index contributed by atoms with van der Waals surface area (Å²) in [7, 11) is 0. The lowest BCUT2D eigenvalue weighted by molar-refractivity contribution is -0.145. The second-order valence-corrected chi connectivity index (χ2v) is 8.46. The molecule has 3 rings (SSSR count). The number of carbonyl (C=O) groups is 1. The van der Waals surface area contributed by atoms with Crippen LogP contribution in [0.1, 0.15) is 49.6 Å². The van der Waals surface area contributed by atoms with E-state index < -0.39 is 11.5 Å². The Morgan fingerprint density at radius 2 is 1.80 bits per heavy atom. The van der Waals surface area contributed by atoms with E-state index >= 15 is 0 Å². The molecule has 0 saturated heterocycles. The molecular formula is C21H24BrNO2. The molecule has 1 amide bonds. The van der Waals surface area contributed by atoms with Gasteiger partial charge in [0.15, 0.2) is 0 Å². The maximum absolute atomic E-state index is 13.1. The molecule has 1 aliphatic heterocycles. The summed E-state index contributed by atoms with van der Waals surface area (Å²) in [5, 5.41) is 11.2. The maximum Gasteiger partial charge on any atom is 0.228 e. The molecule has 3 nitrogen and oxygen atoms in total. The third kappa shape index (κ3) is 3.51. The Morgan fingerprint density at radius 3 is 2.48 bits per heavy atom. The van der Waals surface area contributed by atoms with Crippen molar-refractivity contribution in [2.45, 2.75) is 39.3 Å². The van der Waals surface area contributed by atoms with Gasteiger partial charge >= 0.3 is 0 Å². The highest BCUT2D eigenvalue weighted by Gasteiger charge is 2.40. The molecular weight excluding hydrogens is 378 g/mol. The Hall–Kier alpha value is -1.65. The Morgan fingerprint density at radius 1 is 1.16 bits per heavy atom. The van der Waals surface area contributed by atoms with Crippen molar-refractivity contribution in [1.29, 1.82) is 0 Å². The van der Waals surface area contributed by atoms with Gasteiger partial charge in [-0.25, -0.2) is 0 Å². The SMILES string of the molecule is CC(C)(C)C(=O)N1CCc2ccccc2C1C(O)c1ccccc1Br. The van der Waals surface area contributed by atoms with Crippen molar-refractivity contribution in [2.24, 2.45) is 5.41 Å². The van der Waals surface area contributed by atoms with Gasteiger partial charge in [0.25, 0.3) is 0 Å². The average molecular weight is 402 g/mol. The van der Waals surface area contributed by atoms with Crippen LogP contribution < -0.4 is 0 Å². The van der Waals surface area contributed by atoms with Gasteiger partial charge in [0.05, 0.1) is 6.04 Å². The van der Waals surface area contributed by atoms with Crippen molar-refractivity contribution in [1.82, 2.24) is 4.90 Å². The number of hydrogen-bond acceptors (Lipinski definition) is 2. The summed E-state index contributed by atoms with van der Waals surface area (Å²) >= 11 is 3.54. The molecule has 2 atom stereocenters. The summed E-state index contributed by atoms with van der Waals surface area (Å²) in [5.74, 6) is 0.0677. The van der Waals surface area contributed by atoms with E-state index in [1.54, 1.807) is 0 Å². The largest absolute Gasteiger partial charge is 0.386 e. The van der Waals surface area contributed by atoms with Crippen LogP contribution in [-0.2, 0) is 11.2 Å². The van der Waals surface area contributed by atoms with Gasteiger partial charge in [0.2, 0.25) is 5.91 Å². The van der Waals surface area contributed by atoms with Crippen molar-refractivity contribution in [2.75, 3.05) is 6.54 Å². The third-order valence-electron chi connectivity index (χ3n) is 4.76. The standard InChI is InChI=1S/C21H24BrNO2/c1-21(2,3)20(25)23-13-12-14-8-4-5-9-15(14)18(23)19(24)16-10-6-7-11-17(16)22/h4-11,18-19,24H,12-13H2,1-3H3. The predicted octanol–water partition coefficient (Wildman–Crippen LogP) is 4.65. The first-order valence-electron chi connectivity index (χ1n) is 8.62. The number of carbonyl (C=O) groups excluding carboxylic acids is 1. The topological polar surface area (TPSA) is 40.5 Å². The summed E-state index contributed by atoms with van der Waals surface area (Å²) in [4.78, 5) is 14.9. The van der Waals surface area contributed by atoms with Crippen LogP contribution in [0.2, 0.25) is 0 Å². The molecule has 4 heteroatoms. The molecule has 0 aliphatic carbocycles. The lowest BCUT2D eigenvalue weighted by atomic mass is 9.84. The fraction of sp³-hybridized carbons (Fsp3) is 0.381. The predicted molar refractivity (Wildman–Crippen MR) is 103 cm³/mol. The molecule has 0 spiro atoms. The first kappa shape index (κ1) is 18.2. The number of hydrogen-bond donors (Lipinski definition) is 1. The average Bonchev–Trinajstić information content (AvgIpc) is 2.59. The van der Waals surface area contributed by atoms with Crippen molar-refractivity contribution in [3.8, 4) is 0 Å². The van der Waals surface area contributed by atoms with Crippen LogP contribution >= 0.6 is 15.9 Å². The van der Waals surface area contributed by atoms with Gasteiger partial charge in [0.1, 0.15) is 6.10 Å². The highest BCUT2D eigenvalue weighted by atomic mass is 79.9. The van der Waals surface area contributed by atoms with Crippen LogP contribution in [0.5, 0.6) is 0 Å². The molecule has 0 saturated carbocycles. The second kappa shape index (κ2) is 6.93. The van der Waals surface area contributed by atoms with Crippen LogP contribution in [0.25, 0.3) is 0 Å². The summed E-state index contributed by atoms with van der Waals surface area (Å²) < 4.78 is 0.855. The summed E-state index contributed by atoms with van der Waals surface area (Å²) in [5.41, 5.74) is 2.56. The van der Waals surface area contributed by atoms with E-state index in [2.05, 4.69) is 22.0 Å². The zero-order valence-electron chi connectivity index (χ0n) is 14.9. The number of fused-ring (bicyclic) bond motifs is 1. The fourth-order valence-electron chi connectivity index (χ4n) is 3.48. The Balaban J connectivity index is 2.09. The fourth-order valence-corrected chi connectivity index (χ4v) is 4.00. The first-order chi connectivity index (χ1) is 11.8. The number of aliphatic hydroxyl groups is 1. The minimum absolute atomic E-state index is 0.0677.